The van der Waals surface area contributed by atoms with E-state index in [-0.39, 0.29) is 17.9 Å². The SMILES string of the molecule is C=CC.C=CC.COc1ccccc1N1CCN(CC(=O)NC2CCc3ccccc3C2Cc2cccnc2)CC1. The molecule has 5 rings (SSSR count). The summed E-state index contributed by atoms with van der Waals surface area (Å²) < 4.78 is 5.53. The van der Waals surface area contributed by atoms with Gasteiger partial charge in [0.25, 0.3) is 0 Å². The number of pyridine rings is 1. The lowest BCUT2D eigenvalue weighted by atomic mass is 9.76. The number of methoxy groups -OCH3 is 1. The van der Waals surface area contributed by atoms with E-state index in [2.05, 4.69) is 69.7 Å². The second-order valence-electron chi connectivity index (χ2n) is 10.3. The molecule has 2 heterocycles. The number of para-hydroxylation sites is 2. The first kappa shape index (κ1) is 31.6. The number of amides is 1. The molecule has 218 valence electrons. The summed E-state index contributed by atoms with van der Waals surface area (Å²) in [5.41, 5.74) is 5.09. The third-order valence-corrected chi connectivity index (χ3v) is 7.36. The van der Waals surface area contributed by atoms with E-state index in [1.54, 1.807) is 19.3 Å². The quantitative estimate of drug-likeness (QED) is 0.360. The Kier molecular flexibility index (Phi) is 13.1. The Hall–Kier alpha value is -3.90. The van der Waals surface area contributed by atoms with Crippen LogP contribution in [0.3, 0.4) is 0 Å². The predicted molar refractivity (Wildman–Crippen MR) is 171 cm³/mol. The molecule has 1 fully saturated rings. The molecule has 1 amide bonds. The van der Waals surface area contributed by atoms with E-state index >= 15 is 0 Å². The second-order valence-corrected chi connectivity index (χ2v) is 10.3. The largest absolute Gasteiger partial charge is 0.495 e. The van der Waals surface area contributed by atoms with E-state index in [1.807, 2.05) is 50.5 Å². The van der Waals surface area contributed by atoms with Crippen LogP contribution in [0, 0.1) is 0 Å². The summed E-state index contributed by atoms with van der Waals surface area (Å²) in [7, 11) is 1.71. The highest BCUT2D eigenvalue weighted by molar-refractivity contribution is 5.78. The number of piperazine rings is 1. The summed E-state index contributed by atoms with van der Waals surface area (Å²) in [5, 5.41) is 3.40. The molecule has 2 aromatic carbocycles. The minimum Gasteiger partial charge on any atom is -0.495 e. The summed E-state index contributed by atoms with van der Waals surface area (Å²) in [6.07, 6.45) is 10.1. The van der Waals surface area contributed by atoms with E-state index in [1.165, 1.54) is 16.7 Å². The van der Waals surface area contributed by atoms with Gasteiger partial charge in [-0.2, -0.15) is 0 Å². The van der Waals surface area contributed by atoms with Crippen molar-refractivity contribution in [3.05, 3.63) is 115 Å². The highest BCUT2D eigenvalue weighted by atomic mass is 16.5. The predicted octanol–water partition coefficient (Wildman–Crippen LogP) is 6.05. The highest BCUT2D eigenvalue weighted by Crippen LogP contribution is 2.34. The smallest absolute Gasteiger partial charge is 0.234 e. The number of hydrogen-bond acceptors (Lipinski definition) is 5. The van der Waals surface area contributed by atoms with Crippen LogP contribution in [0.5, 0.6) is 5.75 Å². The third-order valence-electron chi connectivity index (χ3n) is 7.36. The minimum atomic E-state index is 0.122. The Bertz CT molecular complexity index is 1220. The molecule has 0 radical (unpaired) electrons. The average Bonchev–Trinajstić information content (AvgIpc) is 3.00. The van der Waals surface area contributed by atoms with Gasteiger partial charge in [-0.15, -0.1) is 13.2 Å². The number of allylic oxidation sites excluding steroid dienone is 2. The van der Waals surface area contributed by atoms with Gasteiger partial charge in [0.05, 0.1) is 19.3 Å². The third kappa shape index (κ3) is 9.32. The number of benzene rings is 2. The number of carbonyl (C=O) groups excluding carboxylic acids is 1. The lowest BCUT2D eigenvalue weighted by Crippen LogP contribution is -2.51. The van der Waals surface area contributed by atoms with E-state index in [0.29, 0.717) is 6.54 Å². The molecule has 0 bridgehead atoms. The molecule has 0 spiro atoms. The van der Waals surface area contributed by atoms with E-state index in [9.17, 15) is 4.79 Å². The fourth-order valence-corrected chi connectivity index (χ4v) is 5.54. The van der Waals surface area contributed by atoms with Crippen LogP contribution >= 0.6 is 0 Å². The van der Waals surface area contributed by atoms with Crippen molar-refractivity contribution in [3.63, 3.8) is 0 Å². The summed E-state index contributed by atoms with van der Waals surface area (Å²) in [6, 6.07) is 21.1. The Labute approximate surface area is 246 Å². The number of aryl methyl sites for hydroxylation is 1. The van der Waals surface area contributed by atoms with Crippen molar-refractivity contribution in [2.24, 2.45) is 0 Å². The molecule has 6 heteroatoms. The van der Waals surface area contributed by atoms with Gasteiger partial charge in [0, 0.05) is 50.5 Å². The molecule has 3 aromatic rings. The maximum atomic E-state index is 13.1. The lowest BCUT2D eigenvalue weighted by Gasteiger charge is -2.37. The van der Waals surface area contributed by atoms with Gasteiger partial charge in [-0.3, -0.25) is 14.7 Å². The molecule has 2 atom stereocenters. The van der Waals surface area contributed by atoms with Crippen molar-refractivity contribution in [2.75, 3.05) is 44.7 Å². The number of anilines is 1. The van der Waals surface area contributed by atoms with Crippen LogP contribution in [-0.4, -0.2) is 61.7 Å². The zero-order chi connectivity index (χ0) is 29.5. The first-order valence-electron chi connectivity index (χ1n) is 14.5. The molecule has 0 saturated carbocycles. The number of ether oxygens (including phenoxy) is 1. The molecule has 1 saturated heterocycles. The van der Waals surface area contributed by atoms with Gasteiger partial charge in [-0.1, -0.05) is 54.6 Å². The molecular formula is C35H46N4O2. The number of fused-ring (bicyclic) bond motifs is 1. The average molecular weight is 555 g/mol. The maximum absolute atomic E-state index is 13.1. The number of nitrogens with one attached hydrogen (secondary N) is 1. The van der Waals surface area contributed by atoms with Crippen molar-refractivity contribution < 1.29 is 9.53 Å². The standard InChI is InChI=1S/C29H34N4O2.2C3H6/c1-35-28-11-5-4-10-27(28)33-17-15-32(16-18-33)21-29(34)31-26-13-12-23-8-2-3-9-24(23)25(26)19-22-7-6-14-30-20-22;2*1-3-2/h2-11,14,20,25-26H,12-13,15-19,21H2,1H3,(H,31,34);2*3H,1H2,2H3. The van der Waals surface area contributed by atoms with Gasteiger partial charge < -0.3 is 15.0 Å². The molecular weight excluding hydrogens is 508 g/mol. The monoisotopic (exact) mass is 554 g/mol. The van der Waals surface area contributed by atoms with E-state index < -0.39 is 0 Å². The molecule has 1 aliphatic heterocycles. The van der Waals surface area contributed by atoms with Crippen molar-refractivity contribution in [2.45, 2.75) is 45.1 Å². The summed E-state index contributed by atoms with van der Waals surface area (Å²) in [4.78, 5) is 22.0. The molecule has 1 aliphatic carbocycles. The number of carbonyl (C=O) groups is 1. The van der Waals surface area contributed by atoms with Crippen molar-refractivity contribution in [3.8, 4) is 5.75 Å². The van der Waals surface area contributed by atoms with Crippen molar-refractivity contribution >= 4 is 11.6 Å². The number of nitrogens with zero attached hydrogens (tertiary/aromatic N) is 3. The highest BCUT2D eigenvalue weighted by Gasteiger charge is 2.31. The van der Waals surface area contributed by atoms with Crippen LogP contribution < -0.4 is 15.0 Å². The van der Waals surface area contributed by atoms with E-state index in [4.69, 9.17) is 4.74 Å². The van der Waals surface area contributed by atoms with Crippen LogP contribution in [0.4, 0.5) is 5.69 Å². The van der Waals surface area contributed by atoms with Crippen LogP contribution in [-0.2, 0) is 17.6 Å². The van der Waals surface area contributed by atoms with Crippen LogP contribution in [0.15, 0.2) is 98.4 Å². The first-order valence-corrected chi connectivity index (χ1v) is 14.5. The number of aromatic nitrogens is 1. The Morgan fingerprint density at radius 3 is 2.37 bits per heavy atom. The summed E-state index contributed by atoms with van der Waals surface area (Å²) in [5.74, 6) is 1.28. The number of hydrogen-bond donors (Lipinski definition) is 1. The zero-order valence-electron chi connectivity index (χ0n) is 25.0. The van der Waals surface area contributed by atoms with Crippen LogP contribution in [0.25, 0.3) is 0 Å². The number of rotatable bonds is 7. The molecule has 2 unspecified atom stereocenters. The fourth-order valence-electron chi connectivity index (χ4n) is 5.54. The molecule has 1 N–H and O–H groups in total. The molecule has 6 nitrogen and oxygen atoms in total. The van der Waals surface area contributed by atoms with Crippen LogP contribution in [0.2, 0.25) is 0 Å². The molecule has 2 aliphatic rings. The van der Waals surface area contributed by atoms with Gasteiger partial charge >= 0.3 is 0 Å². The molecule has 41 heavy (non-hydrogen) atoms. The van der Waals surface area contributed by atoms with Gasteiger partial charge in [-0.05, 0) is 68.0 Å². The van der Waals surface area contributed by atoms with Crippen molar-refractivity contribution in [1.29, 1.82) is 0 Å². The maximum Gasteiger partial charge on any atom is 0.234 e. The normalized spacial score (nSPS) is 17.9. The Morgan fingerprint density at radius 1 is 1.00 bits per heavy atom. The first-order chi connectivity index (χ1) is 20.0. The van der Waals surface area contributed by atoms with Crippen molar-refractivity contribution in [1.82, 2.24) is 15.2 Å². The second kappa shape index (κ2) is 17.0. The summed E-state index contributed by atoms with van der Waals surface area (Å²) in [6.45, 7) is 14.4. The topological polar surface area (TPSA) is 57.7 Å². The van der Waals surface area contributed by atoms with Gasteiger partial charge in [0.1, 0.15) is 5.75 Å². The lowest BCUT2D eigenvalue weighted by molar-refractivity contribution is -0.123. The summed E-state index contributed by atoms with van der Waals surface area (Å²) >= 11 is 0. The minimum absolute atomic E-state index is 0.122. The Balaban J connectivity index is 0.000000710. The van der Waals surface area contributed by atoms with E-state index in [0.717, 1.165) is 56.9 Å². The Morgan fingerprint density at radius 2 is 1.68 bits per heavy atom. The molecule has 1 aromatic heterocycles. The van der Waals surface area contributed by atoms with Crippen LogP contribution in [0.1, 0.15) is 42.9 Å². The van der Waals surface area contributed by atoms with Gasteiger partial charge in [0.2, 0.25) is 5.91 Å². The zero-order valence-corrected chi connectivity index (χ0v) is 25.0. The van der Waals surface area contributed by atoms with Gasteiger partial charge in [-0.25, -0.2) is 0 Å². The van der Waals surface area contributed by atoms with Gasteiger partial charge in [0.15, 0.2) is 0 Å². The fraction of sp³-hybridized carbons (Fsp3) is 0.371.